The number of carbonyl (C=O) groups excluding carboxylic acids is 1. The van der Waals surface area contributed by atoms with E-state index in [2.05, 4.69) is 4.74 Å². The van der Waals surface area contributed by atoms with Gasteiger partial charge in [0.05, 0.1) is 12.7 Å². The summed E-state index contributed by atoms with van der Waals surface area (Å²) in [5.74, 6) is -0.503. The van der Waals surface area contributed by atoms with Gasteiger partial charge in [0.1, 0.15) is 0 Å². The molecule has 0 heterocycles. The molecule has 4 nitrogen and oxygen atoms in total. The molecule has 0 amide bonds. The molecule has 0 unspecified atom stereocenters. The molecule has 0 saturated carbocycles. The van der Waals surface area contributed by atoms with Crippen molar-refractivity contribution in [2.75, 3.05) is 7.11 Å². The number of benzene rings is 1. The van der Waals surface area contributed by atoms with Gasteiger partial charge in [-0.25, -0.2) is 4.79 Å². The van der Waals surface area contributed by atoms with Gasteiger partial charge in [0.2, 0.25) is 0 Å². The Bertz CT molecular complexity index is 725. The Morgan fingerprint density at radius 3 is 1.93 bits per heavy atom. The van der Waals surface area contributed by atoms with Crippen LogP contribution in [0.5, 0.6) is 0 Å². The van der Waals surface area contributed by atoms with Gasteiger partial charge in [-0.15, -0.1) is 0 Å². The number of esters is 1. The minimum atomic E-state index is -4.40. The molecule has 0 aliphatic carbocycles. The topological polar surface area (TPSA) is 44.8 Å². The first-order valence-electron chi connectivity index (χ1n) is 9.15. The zero-order chi connectivity index (χ0) is 22.0. The first kappa shape index (κ1) is 24.7. The van der Waals surface area contributed by atoms with Crippen LogP contribution in [0, 0.1) is 0 Å². The number of alkyl halides is 3. The lowest BCUT2D eigenvalue weighted by molar-refractivity contribution is -0.137. The lowest BCUT2D eigenvalue weighted by Gasteiger charge is -2.20. The number of rotatable bonds is 9. The van der Waals surface area contributed by atoms with E-state index >= 15 is 0 Å². The van der Waals surface area contributed by atoms with E-state index in [1.165, 1.54) is 31.4 Å². The van der Waals surface area contributed by atoms with Gasteiger partial charge in [0, 0.05) is 18.3 Å². The predicted octanol–water partition coefficient (Wildman–Crippen LogP) is 5.25. The van der Waals surface area contributed by atoms with Gasteiger partial charge in [-0.2, -0.15) is 13.2 Å². The molecule has 8 heteroatoms. The third-order valence-corrected chi connectivity index (χ3v) is 3.47. The summed E-state index contributed by atoms with van der Waals surface area (Å²) in [6, 6.07) is 4.80. The molecular formula is C21H26BF3O4. The second-order valence-corrected chi connectivity index (χ2v) is 6.71. The van der Waals surface area contributed by atoms with Crippen LogP contribution in [0.15, 0.2) is 54.0 Å². The van der Waals surface area contributed by atoms with E-state index in [1.807, 2.05) is 27.7 Å². The maximum Gasteiger partial charge on any atom is 0.494 e. The van der Waals surface area contributed by atoms with E-state index in [9.17, 15) is 18.0 Å². The quantitative estimate of drug-likeness (QED) is 0.241. The second kappa shape index (κ2) is 11.6. The smallest absolute Gasteiger partial charge is 0.466 e. The van der Waals surface area contributed by atoms with Gasteiger partial charge in [0.25, 0.3) is 0 Å². The van der Waals surface area contributed by atoms with Crippen LogP contribution in [0.25, 0.3) is 6.08 Å². The highest BCUT2D eigenvalue weighted by molar-refractivity contribution is 6.56. The molecule has 0 spiro atoms. The predicted molar refractivity (Wildman–Crippen MR) is 108 cm³/mol. The van der Waals surface area contributed by atoms with Crippen molar-refractivity contribution in [3.63, 3.8) is 0 Å². The molecule has 0 saturated heterocycles. The van der Waals surface area contributed by atoms with E-state index in [0.717, 1.165) is 12.1 Å². The minimum absolute atomic E-state index is 0.145. The van der Waals surface area contributed by atoms with Gasteiger partial charge in [0.15, 0.2) is 0 Å². The monoisotopic (exact) mass is 410 g/mol. The van der Waals surface area contributed by atoms with Gasteiger partial charge in [-0.05, 0) is 50.9 Å². The summed E-state index contributed by atoms with van der Waals surface area (Å²) >= 11 is 0. The number of carbonyl (C=O) groups is 1. The summed E-state index contributed by atoms with van der Waals surface area (Å²) in [5.41, 5.74) is 0.419. The second-order valence-electron chi connectivity index (χ2n) is 6.71. The summed E-state index contributed by atoms with van der Waals surface area (Å²) in [7, 11) is 0.537. The SMILES string of the molecule is COC(=O)/C=C/C=C/C(=C\c1ccc(C(F)(F)F)cc1)B(OC(C)C)OC(C)C. The highest BCUT2D eigenvalue weighted by Crippen LogP contribution is 2.29. The molecule has 158 valence electrons. The van der Waals surface area contributed by atoms with E-state index in [-0.39, 0.29) is 12.2 Å². The molecule has 0 bridgehead atoms. The molecule has 29 heavy (non-hydrogen) atoms. The maximum absolute atomic E-state index is 12.8. The molecule has 0 aromatic heterocycles. The average Bonchev–Trinajstić information content (AvgIpc) is 2.62. The Hall–Kier alpha value is -2.32. The number of hydrogen-bond donors (Lipinski definition) is 0. The Morgan fingerprint density at radius 1 is 0.966 bits per heavy atom. The van der Waals surface area contributed by atoms with Crippen molar-refractivity contribution < 1.29 is 32.0 Å². The fourth-order valence-electron chi connectivity index (χ4n) is 2.21. The van der Waals surface area contributed by atoms with E-state index in [0.29, 0.717) is 11.0 Å². The van der Waals surface area contributed by atoms with Crippen LogP contribution in [0.1, 0.15) is 38.8 Å². The van der Waals surface area contributed by atoms with Crippen LogP contribution < -0.4 is 0 Å². The van der Waals surface area contributed by atoms with Gasteiger partial charge < -0.3 is 14.0 Å². The van der Waals surface area contributed by atoms with Crippen LogP contribution >= 0.6 is 0 Å². The average molecular weight is 410 g/mol. The first-order chi connectivity index (χ1) is 13.5. The van der Waals surface area contributed by atoms with E-state index in [4.69, 9.17) is 9.31 Å². The fourth-order valence-corrected chi connectivity index (χ4v) is 2.21. The molecule has 1 aromatic rings. The molecule has 1 rings (SSSR count). The highest BCUT2D eigenvalue weighted by Gasteiger charge is 2.30. The lowest BCUT2D eigenvalue weighted by atomic mass is 9.75. The maximum atomic E-state index is 12.8. The number of hydrogen-bond acceptors (Lipinski definition) is 4. The van der Waals surface area contributed by atoms with Crippen molar-refractivity contribution in [1.82, 2.24) is 0 Å². The van der Waals surface area contributed by atoms with E-state index in [1.54, 1.807) is 18.2 Å². The Labute approximate surface area is 170 Å². The highest BCUT2D eigenvalue weighted by atomic mass is 19.4. The number of ether oxygens (including phenoxy) is 1. The Kier molecular flexibility index (Phi) is 9.91. The molecule has 0 atom stereocenters. The normalized spacial score (nSPS) is 13.1. The molecule has 0 fully saturated rings. The van der Waals surface area contributed by atoms with Crippen LogP contribution in [0.3, 0.4) is 0 Å². The van der Waals surface area contributed by atoms with Gasteiger partial charge >= 0.3 is 19.3 Å². The van der Waals surface area contributed by atoms with Crippen molar-refractivity contribution in [2.24, 2.45) is 0 Å². The fraction of sp³-hybridized carbons (Fsp3) is 0.381. The molecule has 0 radical (unpaired) electrons. The van der Waals surface area contributed by atoms with Gasteiger partial charge in [-0.1, -0.05) is 36.4 Å². The molecule has 0 N–H and O–H groups in total. The Balaban J connectivity index is 3.25. The number of halogens is 3. The van der Waals surface area contributed by atoms with Gasteiger partial charge in [-0.3, -0.25) is 0 Å². The lowest BCUT2D eigenvalue weighted by Crippen LogP contribution is -2.31. The zero-order valence-electron chi connectivity index (χ0n) is 17.2. The van der Waals surface area contributed by atoms with Crippen molar-refractivity contribution in [3.05, 3.63) is 65.2 Å². The zero-order valence-corrected chi connectivity index (χ0v) is 17.2. The number of allylic oxidation sites excluding steroid dienone is 4. The van der Waals surface area contributed by atoms with Crippen LogP contribution in [-0.2, 0) is 25.0 Å². The van der Waals surface area contributed by atoms with Crippen LogP contribution in [0.4, 0.5) is 13.2 Å². The summed E-state index contributed by atoms with van der Waals surface area (Å²) in [6.45, 7) is 7.42. The van der Waals surface area contributed by atoms with Crippen molar-refractivity contribution in [1.29, 1.82) is 0 Å². The van der Waals surface area contributed by atoms with Crippen LogP contribution in [-0.4, -0.2) is 32.4 Å². The van der Waals surface area contributed by atoms with Crippen molar-refractivity contribution in [3.8, 4) is 0 Å². The summed E-state index contributed by atoms with van der Waals surface area (Å²) in [6.07, 6.45) is 3.01. The number of methoxy groups -OCH3 is 1. The molecular weight excluding hydrogens is 384 g/mol. The standard InChI is InChI=1S/C21H26BF3O4/c1-15(2)28-22(29-16(3)4)19(8-6-7-9-20(26)27-5)14-17-10-12-18(13-11-17)21(23,24)25/h6-16H,1-5H3/b8-6+,9-7+,19-14+. The first-order valence-corrected chi connectivity index (χ1v) is 9.15. The molecule has 0 aliphatic heterocycles. The van der Waals surface area contributed by atoms with E-state index < -0.39 is 24.8 Å². The third-order valence-electron chi connectivity index (χ3n) is 3.47. The summed E-state index contributed by atoms with van der Waals surface area (Å²) < 4.78 is 54.6. The van der Waals surface area contributed by atoms with Crippen molar-refractivity contribution in [2.45, 2.75) is 46.1 Å². The molecule has 1 aromatic carbocycles. The van der Waals surface area contributed by atoms with Crippen LogP contribution in [0.2, 0.25) is 0 Å². The summed E-state index contributed by atoms with van der Waals surface area (Å²) in [5, 5.41) is 0. The largest absolute Gasteiger partial charge is 0.494 e. The molecule has 0 aliphatic rings. The third kappa shape index (κ3) is 9.63. The van der Waals surface area contributed by atoms with Crippen molar-refractivity contribution >= 4 is 19.2 Å². The minimum Gasteiger partial charge on any atom is -0.466 e. The Morgan fingerprint density at radius 2 is 1.48 bits per heavy atom. The summed E-state index contributed by atoms with van der Waals surface area (Å²) in [4.78, 5) is 11.2.